The van der Waals surface area contributed by atoms with E-state index in [0.717, 1.165) is 17.5 Å². The molecule has 246 valence electrons. The lowest BCUT2D eigenvalue weighted by atomic mass is 9.88. The second-order valence-electron chi connectivity index (χ2n) is 11.5. The van der Waals surface area contributed by atoms with Crippen LogP contribution in [0.5, 0.6) is 17.2 Å². The van der Waals surface area contributed by atoms with Gasteiger partial charge in [0.1, 0.15) is 11.3 Å². The third-order valence-corrected chi connectivity index (χ3v) is 8.78. The van der Waals surface area contributed by atoms with Gasteiger partial charge in [0.2, 0.25) is 11.6 Å². The Hall–Kier alpha value is -6.09. The molecule has 0 aliphatic carbocycles. The summed E-state index contributed by atoms with van der Waals surface area (Å²) in [6.45, 7) is 0.641. The van der Waals surface area contributed by atoms with Gasteiger partial charge in [-0.05, 0) is 60.0 Å². The van der Waals surface area contributed by atoms with E-state index < -0.39 is 5.97 Å². The zero-order valence-corrected chi connectivity index (χ0v) is 27.7. The Kier molecular flexibility index (Phi) is 8.72. The smallest absolute Gasteiger partial charge is 0.337 e. The molecule has 0 N–H and O–H groups in total. The van der Waals surface area contributed by atoms with Crippen LogP contribution >= 0.6 is 0 Å². The van der Waals surface area contributed by atoms with Crippen molar-refractivity contribution < 1.29 is 28.2 Å². The number of rotatable bonds is 11. The summed E-state index contributed by atoms with van der Waals surface area (Å²) in [5, 5.41) is 0. The number of carbonyl (C=O) groups excluding carboxylic acids is 1. The molecule has 0 radical (unpaired) electrons. The molecule has 9 nitrogen and oxygen atoms in total. The lowest BCUT2D eigenvalue weighted by molar-refractivity contribution is 0.0601. The average Bonchev–Trinajstić information content (AvgIpc) is 3.76. The molecular formula is C40H35N3O6. The number of methoxy groups -OCH3 is 4. The van der Waals surface area contributed by atoms with Crippen LogP contribution in [0.25, 0.3) is 45.0 Å². The lowest BCUT2D eigenvalue weighted by Gasteiger charge is -2.19. The van der Waals surface area contributed by atoms with Gasteiger partial charge >= 0.3 is 5.97 Å². The van der Waals surface area contributed by atoms with Crippen LogP contribution in [0.2, 0.25) is 0 Å². The van der Waals surface area contributed by atoms with Crippen LogP contribution in [0, 0.1) is 0 Å². The molecule has 0 saturated heterocycles. The normalized spacial score (nSPS) is 11.3. The minimum absolute atomic E-state index is 0.148. The molecule has 2 heterocycles. The first kappa shape index (κ1) is 31.5. The molecule has 0 saturated carbocycles. The maximum absolute atomic E-state index is 12.5. The number of fused-ring (bicyclic) bond motifs is 2. The summed E-state index contributed by atoms with van der Waals surface area (Å²) in [6, 6.07) is 36.0. The highest BCUT2D eigenvalue weighted by Crippen LogP contribution is 2.42. The van der Waals surface area contributed by atoms with Gasteiger partial charge in [-0.3, -0.25) is 0 Å². The molecule has 2 aromatic heterocycles. The number of ether oxygens (including phenoxy) is 4. The number of esters is 1. The Labute approximate surface area is 283 Å². The quantitative estimate of drug-likeness (QED) is 0.128. The first-order chi connectivity index (χ1) is 24.0. The van der Waals surface area contributed by atoms with E-state index >= 15 is 0 Å². The fourth-order valence-electron chi connectivity index (χ4n) is 6.41. The molecule has 7 rings (SSSR count). The molecule has 0 fully saturated rings. The van der Waals surface area contributed by atoms with E-state index in [1.807, 2.05) is 48.5 Å². The van der Waals surface area contributed by atoms with Crippen molar-refractivity contribution in [3.8, 4) is 40.1 Å². The SMILES string of the molecule is COC(=O)c1ccc2c(c1)nc(-c1cccc3nc(-c4cc(OC)c(OC)c(OC)c4)oc13)n2CCC(c1ccccc1)c1ccccc1. The second-order valence-corrected chi connectivity index (χ2v) is 11.5. The molecule has 0 bridgehead atoms. The van der Waals surface area contributed by atoms with Gasteiger partial charge in [0.15, 0.2) is 17.1 Å². The average molecular weight is 654 g/mol. The topological polar surface area (TPSA) is 97.8 Å². The van der Waals surface area contributed by atoms with Crippen LogP contribution in [-0.2, 0) is 11.3 Å². The van der Waals surface area contributed by atoms with Crippen molar-refractivity contribution in [2.45, 2.75) is 18.9 Å². The van der Waals surface area contributed by atoms with E-state index in [1.54, 1.807) is 33.5 Å². The molecule has 5 aromatic carbocycles. The van der Waals surface area contributed by atoms with E-state index in [1.165, 1.54) is 18.2 Å². The molecular weight excluding hydrogens is 618 g/mol. The first-order valence-corrected chi connectivity index (χ1v) is 15.9. The number of aryl methyl sites for hydroxylation is 1. The van der Waals surface area contributed by atoms with Gasteiger partial charge in [0.05, 0.1) is 50.6 Å². The molecule has 0 unspecified atom stereocenters. The van der Waals surface area contributed by atoms with Crippen molar-refractivity contribution in [2.24, 2.45) is 0 Å². The lowest BCUT2D eigenvalue weighted by Crippen LogP contribution is -2.08. The van der Waals surface area contributed by atoms with Gasteiger partial charge in [-0.25, -0.2) is 14.8 Å². The Bertz CT molecular complexity index is 2190. The molecule has 49 heavy (non-hydrogen) atoms. The van der Waals surface area contributed by atoms with E-state index in [0.29, 0.717) is 63.3 Å². The Morgan fingerprint density at radius 2 is 1.41 bits per heavy atom. The Morgan fingerprint density at radius 3 is 2.02 bits per heavy atom. The molecule has 0 spiro atoms. The van der Waals surface area contributed by atoms with E-state index in [9.17, 15) is 4.79 Å². The minimum Gasteiger partial charge on any atom is -0.493 e. The fraction of sp³-hybridized carbons (Fsp3) is 0.175. The van der Waals surface area contributed by atoms with Crippen molar-refractivity contribution in [1.82, 2.24) is 14.5 Å². The van der Waals surface area contributed by atoms with E-state index in [-0.39, 0.29) is 5.92 Å². The zero-order chi connectivity index (χ0) is 33.9. The summed E-state index contributed by atoms with van der Waals surface area (Å²) in [6.07, 6.45) is 0.800. The van der Waals surface area contributed by atoms with Crippen LogP contribution in [0.1, 0.15) is 33.8 Å². The van der Waals surface area contributed by atoms with Gasteiger partial charge in [-0.15, -0.1) is 0 Å². The third-order valence-electron chi connectivity index (χ3n) is 8.78. The number of hydrogen-bond donors (Lipinski definition) is 0. The van der Waals surface area contributed by atoms with Gasteiger partial charge in [-0.1, -0.05) is 66.7 Å². The Morgan fingerprint density at radius 1 is 0.735 bits per heavy atom. The van der Waals surface area contributed by atoms with Crippen LogP contribution in [0.15, 0.2) is 114 Å². The molecule has 9 heteroatoms. The number of oxazole rings is 1. The maximum atomic E-state index is 12.5. The number of para-hydroxylation sites is 1. The van der Waals surface area contributed by atoms with Gasteiger partial charge < -0.3 is 27.9 Å². The van der Waals surface area contributed by atoms with Crippen LogP contribution in [0.4, 0.5) is 0 Å². The number of aromatic nitrogens is 3. The summed E-state index contributed by atoms with van der Waals surface area (Å²) in [5.74, 6) is 2.30. The Balaban J connectivity index is 1.36. The van der Waals surface area contributed by atoms with Gasteiger partial charge in [0.25, 0.3) is 0 Å². The molecule has 0 amide bonds. The molecule has 7 aromatic rings. The molecule has 0 aliphatic heterocycles. The summed E-state index contributed by atoms with van der Waals surface area (Å²) < 4.78 is 30.4. The predicted octanol–water partition coefficient (Wildman–Crippen LogP) is 8.55. The largest absolute Gasteiger partial charge is 0.493 e. The summed E-state index contributed by atoms with van der Waals surface area (Å²) >= 11 is 0. The second kappa shape index (κ2) is 13.6. The van der Waals surface area contributed by atoms with Gasteiger partial charge in [0, 0.05) is 18.0 Å². The summed E-state index contributed by atoms with van der Waals surface area (Å²) in [4.78, 5) is 22.4. The number of carbonyl (C=O) groups is 1. The maximum Gasteiger partial charge on any atom is 0.337 e. The van der Waals surface area contributed by atoms with E-state index in [4.69, 9.17) is 33.3 Å². The van der Waals surface area contributed by atoms with Crippen LogP contribution in [0.3, 0.4) is 0 Å². The molecule has 0 atom stereocenters. The monoisotopic (exact) mass is 653 g/mol. The van der Waals surface area contributed by atoms with Crippen molar-refractivity contribution in [3.63, 3.8) is 0 Å². The summed E-state index contributed by atoms with van der Waals surface area (Å²) in [5.41, 5.74) is 7.16. The minimum atomic E-state index is -0.418. The third kappa shape index (κ3) is 5.95. The van der Waals surface area contributed by atoms with Crippen molar-refractivity contribution in [2.75, 3.05) is 28.4 Å². The predicted molar refractivity (Wildman–Crippen MR) is 189 cm³/mol. The van der Waals surface area contributed by atoms with E-state index in [2.05, 4.69) is 53.1 Å². The standard InChI is InChI=1S/C40H35N3O6/c1-45-34-23-28(24-35(46-2)37(34)47-3)39-42-31-17-11-16-30(36(31)49-39)38-41-32-22-27(40(44)48-4)18-19-33(32)43(38)21-20-29(25-12-7-5-8-13-25)26-14-9-6-10-15-26/h5-19,22-24,29H,20-21H2,1-4H3. The zero-order valence-electron chi connectivity index (χ0n) is 27.7. The highest BCUT2D eigenvalue weighted by Gasteiger charge is 2.23. The number of imidazole rings is 1. The van der Waals surface area contributed by atoms with Crippen molar-refractivity contribution in [3.05, 3.63) is 126 Å². The molecule has 0 aliphatic rings. The van der Waals surface area contributed by atoms with Crippen LogP contribution in [-0.4, -0.2) is 48.9 Å². The summed E-state index contributed by atoms with van der Waals surface area (Å²) in [7, 11) is 6.08. The van der Waals surface area contributed by atoms with Crippen molar-refractivity contribution >= 4 is 28.1 Å². The number of nitrogens with zero attached hydrogens (tertiary/aromatic N) is 3. The first-order valence-electron chi connectivity index (χ1n) is 15.9. The fourth-order valence-corrected chi connectivity index (χ4v) is 6.41. The number of benzene rings is 5. The van der Waals surface area contributed by atoms with Crippen LogP contribution < -0.4 is 14.2 Å². The number of hydrogen-bond acceptors (Lipinski definition) is 8. The highest BCUT2D eigenvalue weighted by molar-refractivity contribution is 5.96. The van der Waals surface area contributed by atoms with Gasteiger partial charge in [-0.2, -0.15) is 0 Å². The van der Waals surface area contributed by atoms with Crippen molar-refractivity contribution in [1.29, 1.82) is 0 Å². The highest BCUT2D eigenvalue weighted by atomic mass is 16.5.